The molecule has 1 aromatic rings. The summed E-state index contributed by atoms with van der Waals surface area (Å²) in [5.41, 5.74) is 1.43. The average Bonchev–Trinajstić information content (AvgIpc) is 2.87. The van der Waals surface area contributed by atoms with Crippen LogP contribution in [0.3, 0.4) is 0 Å². The lowest BCUT2D eigenvalue weighted by Crippen LogP contribution is -2.56. The van der Waals surface area contributed by atoms with Crippen molar-refractivity contribution in [1.82, 2.24) is 15.3 Å². The van der Waals surface area contributed by atoms with Gasteiger partial charge in [0.1, 0.15) is 6.04 Å². The smallest absolute Gasteiger partial charge is 0.321 e. The molecule has 0 saturated carbocycles. The Kier molecular flexibility index (Phi) is 2.02. The number of carboxylic acid groups (broad SMARTS) is 1. The molecule has 2 atom stereocenters. The molecule has 3 rings (SSSR count). The van der Waals surface area contributed by atoms with Crippen molar-refractivity contribution < 1.29 is 14.6 Å². The molecule has 1 aromatic heterocycles. The number of aromatic amines is 1. The monoisotopic (exact) mass is 223 g/mol. The van der Waals surface area contributed by atoms with E-state index in [1.807, 2.05) is 0 Å². The van der Waals surface area contributed by atoms with Gasteiger partial charge >= 0.3 is 5.97 Å². The molecule has 6 nitrogen and oxygen atoms in total. The van der Waals surface area contributed by atoms with Gasteiger partial charge in [-0.1, -0.05) is 0 Å². The second-order valence-electron chi connectivity index (χ2n) is 4.35. The number of aromatic nitrogens is 2. The number of ether oxygens (including phenoxy) is 1. The molecule has 3 heterocycles. The molecule has 1 spiro atoms. The van der Waals surface area contributed by atoms with E-state index in [-0.39, 0.29) is 0 Å². The highest BCUT2D eigenvalue weighted by Gasteiger charge is 2.46. The predicted molar refractivity (Wildman–Crippen MR) is 54.0 cm³/mol. The van der Waals surface area contributed by atoms with Gasteiger partial charge < -0.3 is 14.8 Å². The first-order valence-electron chi connectivity index (χ1n) is 5.32. The van der Waals surface area contributed by atoms with Crippen LogP contribution in [-0.4, -0.2) is 40.3 Å². The van der Waals surface area contributed by atoms with Crippen molar-refractivity contribution >= 4 is 5.97 Å². The Morgan fingerprint density at radius 1 is 1.69 bits per heavy atom. The number of H-pyrrole nitrogens is 1. The Hall–Kier alpha value is -1.40. The minimum absolute atomic E-state index is 0.406. The van der Waals surface area contributed by atoms with Crippen LogP contribution < -0.4 is 5.32 Å². The maximum absolute atomic E-state index is 11.1. The quantitative estimate of drug-likeness (QED) is 0.604. The summed E-state index contributed by atoms with van der Waals surface area (Å²) in [6, 6.07) is -0.561. The predicted octanol–water partition coefficient (Wildman–Crippen LogP) is -0.376. The van der Waals surface area contributed by atoms with Crippen molar-refractivity contribution in [2.75, 3.05) is 13.2 Å². The van der Waals surface area contributed by atoms with Crippen LogP contribution >= 0.6 is 0 Å². The second-order valence-corrected chi connectivity index (χ2v) is 4.35. The highest BCUT2D eigenvalue weighted by molar-refractivity contribution is 5.74. The van der Waals surface area contributed by atoms with Gasteiger partial charge in [0, 0.05) is 18.7 Å². The number of aliphatic carboxylic acids is 1. The zero-order valence-corrected chi connectivity index (χ0v) is 8.69. The van der Waals surface area contributed by atoms with E-state index in [2.05, 4.69) is 15.3 Å². The van der Waals surface area contributed by atoms with Gasteiger partial charge in [0.15, 0.2) is 0 Å². The first kappa shape index (κ1) is 9.80. The zero-order chi connectivity index (χ0) is 11.2. The van der Waals surface area contributed by atoms with Gasteiger partial charge in [-0.15, -0.1) is 0 Å². The van der Waals surface area contributed by atoms with Crippen LogP contribution in [0.15, 0.2) is 6.33 Å². The fourth-order valence-corrected chi connectivity index (χ4v) is 2.56. The van der Waals surface area contributed by atoms with Gasteiger partial charge in [0.25, 0.3) is 0 Å². The van der Waals surface area contributed by atoms with Crippen molar-refractivity contribution in [3.63, 3.8) is 0 Å². The molecule has 6 heteroatoms. The second kappa shape index (κ2) is 3.29. The van der Waals surface area contributed by atoms with E-state index in [0.29, 0.717) is 19.6 Å². The summed E-state index contributed by atoms with van der Waals surface area (Å²) < 4.78 is 5.38. The number of imidazole rings is 1. The third-order valence-corrected chi connectivity index (χ3v) is 3.35. The lowest BCUT2D eigenvalue weighted by Gasteiger charge is -2.35. The largest absolute Gasteiger partial charge is 0.480 e. The van der Waals surface area contributed by atoms with E-state index in [4.69, 9.17) is 9.84 Å². The molecule has 1 fully saturated rings. The topological polar surface area (TPSA) is 87.2 Å². The van der Waals surface area contributed by atoms with Crippen molar-refractivity contribution in [2.24, 2.45) is 0 Å². The molecule has 0 aliphatic carbocycles. The lowest BCUT2D eigenvalue weighted by atomic mass is 9.86. The third kappa shape index (κ3) is 1.27. The lowest BCUT2D eigenvalue weighted by molar-refractivity contribution is -0.140. The van der Waals surface area contributed by atoms with Crippen LogP contribution in [0, 0.1) is 0 Å². The van der Waals surface area contributed by atoms with Crippen molar-refractivity contribution in [2.45, 2.75) is 24.4 Å². The van der Waals surface area contributed by atoms with Gasteiger partial charge in [-0.25, -0.2) is 4.98 Å². The third-order valence-electron chi connectivity index (χ3n) is 3.35. The Morgan fingerprint density at radius 3 is 3.25 bits per heavy atom. The summed E-state index contributed by atoms with van der Waals surface area (Å²) in [4.78, 5) is 18.4. The summed E-state index contributed by atoms with van der Waals surface area (Å²) in [6.45, 7) is 1.14. The minimum Gasteiger partial charge on any atom is -0.480 e. The number of carbonyl (C=O) groups is 1. The molecule has 1 unspecified atom stereocenters. The Bertz CT molecular complexity index is 423. The molecule has 86 valence electrons. The molecule has 2 aliphatic rings. The summed E-state index contributed by atoms with van der Waals surface area (Å²) in [7, 11) is 0. The Morgan fingerprint density at radius 2 is 2.56 bits per heavy atom. The summed E-state index contributed by atoms with van der Waals surface area (Å²) in [5, 5.41) is 12.3. The Labute approximate surface area is 92.0 Å². The van der Waals surface area contributed by atoms with Crippen molar-refractivity contribution in [3.8, 4) is 0 Å². The number of nitrogens with zero attached hydrogens (tertiary/aromatic N) is 1. The zero-order valence-electron chi connectivity index (χ0n) is 8.69. The van der Waals surface area contributed by atoms with E-state index < -0.39 is 17.6 Å². The molecule has 16 heavy (non-hydrogen) atoms. The molecule has 0 aromatic carbocycles. The van der Waals surface area contributed by atoms with Gasteiger partial charge in [0.05, 0.1) is 24.2 Å². The number of hydrogen-bond acceptors (Lipinski definition) is 4. The van der Waals surface area contributed by atoms with Gasteiger partial charge in [0.2, 0.25) is 0 Å². The van der Waals surface area contributed by atoms with Crippen LogP contribution in [0.25, 0.3) is 0 Å². The van der Waals surface area contributed by atoms with Crippen LogP contribution in [0.2, 0.25) is 0 Å². The molecule has 1 saturated heterocycles. The van der Waals surface area contributed by atoms with Gasteiger partial charge in [-0.05, 0) is 6.42 Å². The van der Waals surface area contributed by atoms with Crippen molar-refractivity contribution in [1.29, 1.82) is 0 Å². The molecule has 3 N–H and O–H groups in total. The maximum Gasteiger partial charge on any atom is 0.321 e. The van der Waals surface area contributed by atoms with Crippen molar-refractivity contribution in [3.05, 3.63) is 17.7 Å². The van der Waals surface area contributed by atoms with Crippen LogP contribution in [-0.2, 0) is 21.5 Å². The van der Waals surface area contributed by atoms with Crippen LogP contribution in [0.1, 0.15) is 17.8 Å². The Balaban J connectivity index is 2.03. The van der Waals surface area contributed by atoms with E-state index in [9.17, 15) is 4.79 Å². The van der Waals surface area contributed by atoms with E-state index >= 15 is 0 Å². The number of hydrogen-bond donors (Lipinski definition) is 3. The first-order chi connectivity index (χ1) is 7.71. The number of carboxylic acids is 1. The average molecular weight is 223 g/mol. The summed E-state index contributed by atoms with van der Waals surface area (Å²) in [5.74, 6) is -0.827. The highest BCUT2D eigenvalue weighted by Crippen LogP contribution is 2.35. The molecule has 0 radical (unpaired) electrons. The van der Waals surface area contributed by atoms with E-state index in [1.165, 1.54) is 0 Å². The first-order valence-corrected chi connectivity index (χ1v) is 5.32. The SMILES string of the molecule is O=C(O)[C@H]1Cc2[nH]cnc2C2(CCOC2)N1. The van der Waals surface area contributed by atoms with Crippen LogP contribution in [0.5, 0.6) is 0 Å². The normalized spacial score (nSPS) is 32.9. The van der Waals surface area contributed by atoms with Crippen LogP contribution in [0.4, 0.5) is 0 Å². The summed E-state index contributed by atoms with van der Waals surface area (Å²) in [6.07, 6.45) is 2.84. The molecule has 0 amide bonds. The number of nitrogens with one attached hydrogen (secondary N) is 2. The van der Waals surface area contributed by atoms with E-state index in [0.717, 1.165) is 17.8 Å². The fraction of sp³-hybridized carbons (Fsp3) is 0.600. The van der Waals surface area contributed by atoms with Gasteiger partial charge in [-0.3, -0.25) is 10.1 Å². The molecule has 2 aliphatic heterocycles. The highest BCUT2D eigenvalue weighted by atomic mass is 16.5. The number of rotatable bonds is 1. The maximum atomic E-state index is 11.1. The molecule has 0 bridgehead atoms. The van der Waals surface area contributed by atoms with E-state index in [1.54, 1.807) is 6.33 Å². The minimum atomic E-state index is -0.827. The summed E-state index contributed by atoms with van der Waals surface area (Å²) >= 11 is 0. The standard InChI is InChI=1S/C10H13N3O3/c14-9(15)7-3-6-8(12-5-11-6)10(13-7)1-2-16-4-10/h5,7,13H,1-4H2,(H,11,12)(H,14,15)/t7-,10?/m1/s1. The molecular weight excluding hydrogens is 210 g/mol. The molecular formula is C10H13N3O3. The number of fused-ring (bicyclic) bond motifs is 2. The fourth-order valence-electron chi connectivity index (χ4n) is 2.56. The van der Waals surface area contributed by atoms with Gasteiger partial charge in [-0.2, -0.15) is 0 Å².